The Morgan fingerprint density at radius 1 is 1.10 bits per heavy atom. The third-order valence-corrected chi connectivity index (χ3v) is 6.76. The second kappa shape index (κ2) is 8.32. The number of rotatable bonds is 4. The molecule has 1 fully saturated rings. The number of nitrogens with zero attached hydrogens (tertiary/aromatic N) is 1. The lowest BCUT2D eigenvalue weighted by molar-refractivity contribution is 0.0628. The first kappa shape index (κ1) is 22.2. The number of halogens is 4. The Labute approximate surface area is 170 Å². The lowest BCUT2D eigenvalue weighted by Gasteiger charge is -2.33. The Hall–Kier alpha value is -2.50. The summed E-state index contributed by atoms with van der Waals surface area (Å²) in [5, 5.41) is 11.9. The molecule has 1 aliphatic heterocycles. The maximum atomic E-state index is 14.3. The molecular formula is C19H18F4N2O4S. The fraction of sp³-hybridized carbons (Fsp3) is 0.316. The number of hydrogen-bond acceptors (Lipinski definition) is 4. The molecule has 0 radical (unpaired) electrons. The van der Waals surface area contributed by atoms with E-state index in [1.165, 1.54) is 0 Å². The molecule has 0 aromatic heterocycles. The Morgan fingerprint density at radius 2 is 1.73 bits per heavy atom. The summed E-state index contributed by atoms with van der Waals surface area (Å²) in [7, 11) is -4.30. The van der Waals surface area contributed by atoms with Gasteiger partial charge in [0.05, 0.1) is 6.10 Å². The van der Waals surface area contributed by atoms with Crippen LogP contribution in [-0.4, -0.2) is 42.9 Å². The number of aliphatic hydroxyl groups is 1. The molecule has 2 atom stereocenters. The van der Waals surface area contributed by atoms with Gasteiger partial charge in [0.2, 0.25) is 10.0 Å². The number of benzene rings is 2. The number of carbonyl (C=O) groups is 1. The topological polar surface area (TPSA) is 86.7 Å². The van der Waals surface area contributed by atoms with Crippen LogP contribution in [0.1, 0.15) is 23.7 Å². The van der Waals surface area contributed by atoms with E-state index >= 15 is 0 Å². The highest BCUT2D eigenvalue weighted by Gasteiger charge is 2.34. The van der Waals surface area contributed by atoms with Gasteiger partial charge >= 0.3 is 0 Å². The van der Waals surface area contributed by atoms with Gasteiger partial charge in [0.25, 0.3) is 5.91 Å². The van der Waals surface area contributed by atoms with Crippen molar-refractivity contribution < 1.29 is 35.9 Å². The van der Waals surface area contributed by atoms with Gasteiger partial charge in [-0.2, -0.15) is 4.31 Å². The molecular weight excluding hydrogens is 428 g/mol. The monoisotopic (exact) mass is 446 g/mol. The maximum Gasteiger partial charge on any atom is 0.255 e. The van der Waals surface area contributed by atoms with Crippen LogP contribution in [0.4, 0.5) is 23.2 Å². The van der Waals surface area contributed by atoms with Gasteiger partial charge in [-0.15, -0.1) is 0 Å². The normalized spacial score (nSPS) is 20.2. The van der Waals surface area contributed by atoms with Crippen molar-refractivity contribution in [3.05, 3.63) is 59.2 Å². The van der Waals surface area contributed by atoms with Crippen molar-refractivity contribution in [3.8, 4) is 0 Å². The fourth-order valence-electron chi connectivity index (χ4n) is 3.13. The van der Waals surface area contributed by atoms with Crippen molar-refractivity contribution in [3.63, 3.8) is 0 Å². The Bertz CT molecular complexity index is 1070. The summed E-state index contributed by atoms with van der Waals surface area (Å²) in [6.45, 7) is 1.62. The van der Waals surface area contributed by atoms with E-state index in [1.54, 1.807) is 6.92 Å². The molecule has 1 saturated heterocycles. The number of sulfonamides is 1. The van der Waals surface area contributed by atoms with Gasteiger partial charge in [0, 0.05) is 36.5 Å². The van der Waals surface area contributed by atoms with Gasteiger partial charge in [-0.25, -0.2) is 26.0 Å². The van der Waals surface area contributed by atoms with Gasteiger partial charge in [-0.1, -0.05) is 6.92 Å². The number of nitrogens with one attached hydrogen (secondary N) is 1. The molecule has 2 N–H and O–H groups in total. The first-order valence-electron chi connectivity index (χ1n) is 8.94. The van der Waals surface area contributed by atoms with Crippen molar-refractivity contribution >= 4 is 21.6 Å². The second-order valence-electron chi connectivity index (χ2n) is 7.05. The molecule has 30 heavy (non-hydrogen) atoms. The van der Waals surface area contributed by atoms with E-state index in [0.29, 0.717) is 12.1 Å². The number of anilines is 1. The van der Waals surface area contributed by atoms with E-state index in [0.717, 1.165) is 22.5 Å². The van der Waals surface area contributed by atoms with E-state index in [-0.39, 0.29) is 31.0 Å². The Morgan fingerprint density at radius 3 is 2.33 bits per heavy atom. The number of amides is 1. The molecule has 1 aliphatic rings. The average molecular weight is 446 g/mol. The summed E-state index contributed by atoms with van der Waals surface area (Å²) in [5.41, 5.74) is -0.686. The van der Waals surface area contributed by atoms with Gasteiger partial charge in [-0.05, 0) is 30.5 Å². The zero-order valence-electron chi connectivity index (χ0n) is 15.7. The Balaban J connectivity index is 1.88. The van der Waals surface area contributed by atoms with Crippen molar-refractivity contribution in [1.29, 1.82) is 0 Å². The highest BCUT2D eigenvalue weighted by Crippen LogP contribution is 2.27. The molecule has 2 aromatic rings. The summed E-state index contributed by atoms with van der Waals surface area (Å²) in [6.07, 6.45) is -0.487. The van der Waals surface area contributed by atoms with Crippen molar-refractivity contribution in [2.75, 3.05) is 18.4 Å². The van der Waals surface area contributed by atoms with Crippen LogP contribution < -0.4 is 5.32 Å². The van der Waals surface area contributed by atoms with Gasteiger partial charge in [0.15, 0.2) is 17.5 Å². The number of hydrogen-bond donors (Lipinski definition) is 2. The molecule has 1 amide bonds. The van der Waals surface area contributed by atoms with Gasteiger partial charge in [-0.3, -0.25) is 4.79 Å². The minimum absolute atomic E-state index is 0.0160. The summed E-state index contributed by atoms with van der Waals surface area (Å²) in [6, 6.07) is 3.71. The van der Waals surface area contributed by atoms with E-state index in [1.807, 2.05) is 0 Å². The van der Waals surface area contributed by atoms with Crippen molar-refractivity contribution in [2.45, 2.75) is 24.3 Å². The lowest BCUT2D eigenvalue weighted by atomic mass is 9.99. The van der Waals surface area contributed by atoms with E-state index in [2.05, 4.69) is 5.32 Å². The van der Waals surface area contributed by atoms with E-state index in [9.17, 15) is 35.9 Å². The quantitative estimate of drug-likeness (QED) is 0.559. The fourth-order valence-corrected chi connectivity index (χ4v) is 4.77. The van der Waals surface area contributed by atoms with E-state index < -0.39 is 55.9 Å². The van der Waals surface area contributed by atoms with Crippen molar-refractivity contribution in [1.82, 2.24) is 4.31 Å². The maximum absolute atomic E-state index is 14.3. The minimum Gasteiger partial charge on any atom is -0.393 e. The molecule has 2 unspecified atom stereocenters. The summed E-state index contributed by atoms with van der Waals surface area (Å²) in [5.74, 6) is -7.15. The molecule has 2 aromatic carbocycles. The summed E-state index contributed by atoms with van der Waals surface area (Å²) in [4.78, 5) is 11.6. The predicted octanol–water partition coefficient (Wildman–Crippen LogP) is 2.89. The van der Waals surface area contributed by atoms with Gasteiger partial charge in [0.1, 0.15) is 10.7 Å². The van der Waals surface area contributed by atoms with Crippen LogP contribution in [0.3, 0.4) is 0 Å². The van der Waals surface area contributed by atoms with Gasteiger partial charge < -0.3 is 10.4 Å². The molecule has 0 aliphatic carbocycles. The molecule has 0 saturated carbocycles. The smallest absolute Gasteiger partial charge is 0.255 e. The van der Waals surface area contributed by atoms with Crippen LogP contribution in [0.15, 0.2) is 35.2 Å². The van der Waals surface area contributed by atoms with E-state index in [4.69, 9.17) is 0 Å². The number of aliphatic hydroxyl groups excluding tert-OH is 1. The largest absolute Gasteiger partial charge is 0.393 e. The number of piperidine rings is 1. The first-order chi connectivity index (χ1) is 14.0. The average Bonchev–Trinajstić information content (AvgIpc) is 2.68. The van der Waals surface area contributed by atoms with Crippen LogP contribution in [0.25, 0.3) is 0 Å². The molecule has 11 heteroatoms. The summed E-state index contributed by atoms with van der Waals surface area (Å²) >= 11 is 0. The zero-order valence-corrected chi connectivity index (χ0v) is 16.5. The molecule has 3 rings (SSSR count). The highest BCUT2D eigenvalue weighted by atomic mass is 32.2. The Kier molecular flexibility index (Phi) is 6.16. The molecule has 162 valence electrons. The molecule has 0 spiro atoms. The van der Waals surface area contributed by atoms with Crippen LogP contribution in [-0.2, 0) is 10.0 Å². The second-order valence-corrected chi connectivity index (χ2v) is 8.96. The molecule has 1 heterocycles. The van der Waals surface area contributed by atoms with Crippen molar-refractivity contribution in [2.24, 2.45) is 5.92 Å². The van der Waals surface area contributed by atoms with Crippen LogP contribution in [0.5, 0.6) is 0 Å². The summed E-state index contributed by atoms with van der Waals surface area (Å²) < 4.78 is 80.7. The number of carbonyl (C=O) groups excluding carboxylic acids is 1. The molecule has 0 bridgehead atoms. The minimum atomic E-state index is -4.30. The lowest BCUT2D eigenvalue weighted by Crippen LogP contribution is -2.45. The zero-order chi connectivity index (χ0) is 22.2. The highest BCUT2D eigenvalue weighted by molar-refractivity contribution is 7.89. The van der Waals surface area contributed by atoms with Crippen LogP contribution >= 0.6 is 0 Å². The third-order valence-electron chi connectivity index (χ3n) is 4.88. The standard InChI is InChI=1S/C19H18F4N2O4S/c1-10-9-25(5-4-16(10)26)30(28,29)17-6-11(2-3-13(17)20)19(27)24-12-7-14(21)18(23)15(22)8-12/h2-3,6-8,10,16,26H,4-5,9H2,1H3,(H,24,27). The van der Waals surface area contributed by atoms with Crippen LogP contribution in [0.2, 0.25) is 0 Å². The third kappa shape index (κ3) is 4.32. The van der Waals surface area contributed by atoms with Crippen LogP contribution in [0, 0.1) is 29.2 Å². The molecule has 6 nitrogen and oxygen atoms in total. The SMILES string of the molecule is CC1CN(S(=O)(=O)c2cc(C(=O)Nc3cc(F)c(F)c(F)c3)ccc2F)CCC1O. The first-order valence-corrected chi connectivity index (χ1v) is 10.4. The predicted molar refractivity (Wildman–Crippen MR) is 99.2 cm³/mol.